The predicted molar refractivity (Wildman–Crippen MR) is 123 cm³/mol. The maximum absolute atomic E-state index is 12.9. The fraction of sp³-hybridized carbons (Fsp3) is 0.250. The molecule has 9 nitrogen and oxygen atoms in total. The maximum atomic E-state index is 12.9. The third-order valence-corrected chi connectivity index (χ3v) is 5.88. The van der Waals surface area contributed by atoms with E-state index in [1.165, 1.54) is 20.2 Å². The van der Waals surface area contributed by atoms with Crippen molar-refractivity contribution in [1.82, 2.24) is 24.5 Å². The lowest BCUT2D eigenvalue weighted by atomic mass is 10.00. The molecule has 9 heteroatoms. The average molecular weight is 444 g/mol. The molecule has 0 saturated heterocycles. The van der Waals surface area contributed by atoms with Crippen molar-refractivity contribution in [1.29, 1.82) is 0 Å². The van der Waals surface area contributed by atoms with Crippen LogP contribution in [0.4, 0.5) is 5.82 Å². The monoisotopic (exact) mass is 444 g/mol. The first-order valence-electron chi connectivity index (χ1n) is 10.8. The van der Waals surface area contributed by atoms with Gasteiger partial charge in [0.25, 0.3) is 0 Å². The number of fused-ring (bicyclic) bond motifs is 2. The van der Waals surface area contributed by atoms with Crippen molar-refractivity contribution in [2.75, 3.05) is 18.6 Å². The maximum Gasteiger partial charge on any atom is 0.350 e. The van der Waals surface area contributed by atoms with Gasteiger partial charge in [-0.3, -0.25) is 4.79 Å². The first kappa shape index (κ1) is 20.7. The second-order valence-corrected chi connectivity index (χ2v) is 7.91. The van der Waals surface area contributed by atoms with Crippen LogP contribution in [0.15, 0.2) is 65.7 Å². The zero-order valence-corrected chi connectivity index (χ0v) is 18.3. The molecule has 168 valence electrons. The number of nitrogens with zero attached hydrogens (tertiary/aromatic N) is 5. The van der Waals surface area contributed by atoms with Crippen LogP contribution in [0.2, 0.25) is 0 Å². The Labute approximate surface area is 190 Å². The molecule has 33 heavy (non-hydrogen) atoms. The van der Waals surface area contributed by atoms with Gasteiger partial charge >= 0.3 is 5.69 Å². The van der Waals surface area contributed by atoms with Crippen molar-refractivity contribution in [3.8, 4) is 5.75 Å². The number of aromatic nitrogens is 4. The van der Waals surface area contributed by atoms with Crippen molar-refractivity contribution in [3.05, 3.63) is 88.1 Å². The summed E-state index contributed by atoms with van der Waals surface area (Å²) < 4.78 is 7.93. The summed E-state index contributed by atoms with van der Waals surface area (Å²) in [5.41, 5.74) is 3.49. The summed E-state index contributed by atoms with van der Waals surface area (Å²) in [5, 5.41) is 7.28. The third-order valence-electron chi connectivity index (χ3n) is 5.88. The lowest BCUT2D eigenvalue weighted by Crippen LogP contribution is -2.32. The van der Waals surface area contributed by atoms with Crippen LogP contribution in [0, 0.1) is 0 Å². The number of ether oxygens (including phenoxy) is 1. The first-order chi connectivity index (χ1) is 16.1. The zero-order valence-electron chi connectivity index (χ0n) is 18.3. The van der Waals surface area contributed by atoms with Gasteiger partial charge in [0.2, 0.25) is 11.6 Å². The molecule has 0 unspecified atom stereocenters. The summed E-state index contributed by atoms with van der Waals surface area (Å²) in [6, 6.07) is 15.8. The van der Waals surface area contributed by atoms with Gasteiger partial charge in [-0.2, -0.15) is 0 Å². The van der Waals surface area contributed by atoms with E-state index >= 15 is 0 Å². The summed E-state index contributed by atoms with van der Waals surface area (Å²) in [5.74, 6) is 1.02. The largest absolute Gasteiger partial charge is 0.496 e. The summed E-state index contributed by atoms with van der Waals surface area (Å²) >= 11 is 0. The van der Waals surface area contributed by atoms with Crippen LogP contribution in [-0.2, 0) is 30.8 Å². The van der Waals surface area contributed by atoms with Gasteiger partial charge in [0.05, 0.1) is 7.11 Å². The number of anilines is 1. The highest BCUT2D eigenvalue weighted by Gasteiger charge is 2.22. The fourth-order valence-electron chi connectivity index (χ4n) is 4.17. The van der Waals surface area contributed by atoms with Crippen LogP contribution in [0.25, 0.3) is 5.65 Å². The van der Waals surface area contributed by atoms with Crippen LogP contribution >= 0.6 is 0 Å². The van der Waals surface area contributed by atoms with E-state index in [1.807, 2.05) is 36.4 Å². The van der Waals surface area contributed by atoms with Gasteiger partial charge in [-0.25, -0.2) is 18.9 Å². The molecule has 0 fully saturated rings. The number of carbonyl (C=O) groups is 1. The van der Waals surface area contributed by atoms with E-state index in [0.717, 1.165) is 18.5 Å². The molecule has 0 radical (unpaired) electrons. The predicted octanol–water partition coefficient (Wildman–Crippen LogP) is 1.78. The molecule has 3 heterocycles. The van der Waals surface area contributed by atoms with Crippen molar-refractivity contribution in [2.24, 2.45) is 0 Å². The lowest BCUT2D eigenvalue weighted by molar-refractivity contribution is -0.122. The molecule has 4 aromatic rings. The van der Waals surface area contributed by atoms with Crippen molar-refractivity contribution in [2.45, 2.75) is 26.1 Å². The molecule has 0 saturated carbocycles. The van der Waals surface area contributed by atoms with Gasteiger partial charge in [-0.05, 0) is 23.6 Å². The zero-order chi connectivity index (χ0) is 22.8. The van der Waals surface area contributed by atoms with E-state index in [1.54, 1.807) is 19.5 Å². The Hall–Kier alpha value is -4.14. The number of methoxy groups -OCH3 is 1. The fourth-order valence-corrected chi connectivity index (χ4v) is 4.17. The number of amides is 1. The number of hydrogen-bond donors (Lipinski definition) is 1. The van der Waals surface area contributed by atoms with Gasteiger partial charge in [0, 0.05) is 37.6 Å². The van der Waals surface area contributed by atoms with E-state index in [9.17, 15) is 9.59 Å². The smallest absolute Gasteiger partial charge is 0.350 e. The molecule has 2 aromatic heterocycles. The van der Waals surface area contributed by atoms with E-state index in [4.69, 9.17) is 4.74 Å². The molecular formula is C24H24N6O3. The molecule has 0 bridgehead atoms. The van der Waals surface area contributed by atoms with Crippen LogP contribution in [0.1, 0.15) is 16.7 Å². The number of benzene rings is 2. The Morgan fingerprint density at radius 3 is 2.76 bits per heavy atom. The highest BCUT2D eigenvalue weighted by atomic mass is 16.5. The molecule has 0 spiro atoms. The van der Waals surface area contributed by atoms with Crippen molar-refractivity contribution < 1.29 is 9.53 Å². The van der Waals surface area contributed by atoms with Gasteiger partial charge in [-0.1, -0.05) is 42.5 Å². The molecule has 1 N–H and O–H groups in total. The minimum atomic E-state index is -0.376. The van der Waals surface area contributed by atoms with E-state index < -0.39 is 0 Å². The van der Waals surface area contributed by atoms with Gasteiger partial charge in [0.1, 0.15) is 12.3 Å². The highest BCUT2D eigenvalue weighted by molar-refractivity contribution is 5.76. The molecule has 2 aromatic carbocycles. The Morgan fingerprint density at radius 2 is 1.91 bits per heavy atom. The number of carbonyl (C=O) groups excluding carboxylic acids is 1. The average Bonchev–Trinajstić information content (AvgIpc) is 3.17. The van der Waals surface area contributed by atoms with Crippen LogP contribution in [0.3, 0.4) is 0 Å². The summed E-state index contributed by atoms with van der Waals surface area (Å²) in [7, 11) is 1.59. The van der Waals surface area contributed by atoms with E-state index in [-0.39, 0.29) is 18.1 Å². The quantitative estimate of drug-likeness (QED) is 0.487. The van der Waals surface area contributed by atoms with Gasteiger partial charge in [-0.15, -0.1) is 5.10 Å². The molecule has 1 amide bonds. The molecule has 0 atom stereocenters. The number of rotatable bonds is 6. The minimum absolute atomic E-state index is 0.183. The van der Waals surface area contributed by atoms with Crippen LogP contribution in [-0.4, -0.2) is 38.7 Å². The summed E-state index contributed by atoms with van der Waals surface area (Å²) in [6.45, 7) is 1.59. The van der Waals surface area contributed by atoms with Crippen LogP contribution in [0.5, 0.6) is 5.75 Å². The summed E-state index contributed by atoms with van der Waals surface area (Å²) in [4.78, 5) is 32.1. The van der Waals surface area contributed by atoms with Crippen molar-refractivity contribution in [3.63, 3.8) is 0 Å². The van der Waals surface area contributed by atoms with E-state index in [0.29, 0.717) is 30.3 Å². The van der Waals surface area contributed by atoms with Gasteiger partial charge < -0.3 is 15.0 Å². The standard InChI is InChI=1S/C24H24N6O3/c1-33-20-9-5-4-7-18(20)14-26-21(31)16-30-24(32)29-13-11-25-22(23(29)27-30)28-12-10-17-6-2-3-8-19(17)15-28/h2-9,11,13H,10,12,14-16H2,1H3,(H,26,31). The molecule has 0 aliphatic carbocycles. The van der Waals surface area contributed by atoms with Crippen LogP contribution < -0.4 is 20.6 Å². The molecular weight excluding hydrogens is 420 g/mol. The second-order valence-electron chi connectivity index (χ2n) is 7.91. The molecule has 1 aliphatic heterocycles. The number of nitrogens with one attached hydrogen (secondary N) is 1. The Bertz CT molecular complexity index is 1380. The number of hydrogen-bond acceptors (Lipinski definition) is 6. The third kappa shape index (κ3) is 4.05. The lowest BCUT2D eigenvalue weighted by Gasteiger charge is -2.29. The minimum Gasteiger partial charge on any atom is -0.496 e. The summed E-state index contributed by atoms with van der Waals surface area (Å²) in [6.07, 6.45) is 4.07. The SMILES string of the molecule is COc1ccccc1CNC(=O)Cn1nc2c(N3CCc4ccccc4C3)nccn2c1=O. The molecule has 1 aliphatic rings. The Morgan fingerprint density at radius 1 is 1.12 bits per heavy atom. The van der Waals surface area contributed by atoms with E-state index in [2.05, 4.69) is 32.4 Å². The first-order valence-corrected chi connectivity index (χ1v) is 10.8. The Balaban J connectivity index is 1.35. The topological polar surface area (TPSA) is 93.8 Å². The van der Waals surface area contributed by atoms with Crippen molar-refractivity contribution >= 4 is 17.4 Å². The Kier molecular flexibility index (Phi) is 5.52. The highest BCUT2D eigenvalue weighted by Crippen LogP contribution is 2.24. The molecule has 5 rings (SSSR count). The number of para-hydroxylation sites is 1. The second kappa shape index (κ2) is 8.78. The van der Waals surface area contributed by atoms with Gasteiger partial charge in [0.15, 0.2) is 5.82 Å². The normalized spacial score (nSPS) is 13.1.